The molecule has 0 unspecified atom stereocenters. The van der Waals surface area contributed by atoms with Crippen molar-refractivity contribution in [1.29, 1.82) is 0 Å². The molecule has 1 aromatic heterocycles. The van der Waals surface area contributed by atoms with Gasteiger partial charge in [0.15, 0.2) is 0 Å². The lowest BCUT2D eigenvalue weighted by Crippen LogP contribution is -2.24. The molecule has 154 valence electrons. The number of nitrogens with one attached hydrogen (secondary N) is 1. The predicted molar refractivity (Wildman–Crippen MR) is 116 cm³/mol. The molecule has 7 heteroatoms. The van der Waals surface area contributed by atoms with Crippen LogP contribution in [0.2, 0.25) is 0 Å². The summed E-state index contributed by atoms with van der Waals surface area (Å²) in [4.78, 5) is 2.38. The van der Waals surface area contributed by atoms with E-state index >= 15 is 0 Å². The van der Waals surface area contributed by atoms with Gasteiger partial charge in [-0.05, 0) is 50.2 Å². The quantitative estimate of drug-likeness (QED) is 0.647. The Bertz CT molecular complexity index is 1100. The summed E-state index contributed by atoms with van der Waals surface area (Å²) in [6.07, 6.45) is 0. The summed E-state index contributed by atoms with van der Waals surface area (Å²) < 4.78 is 30.1. The van der Waals surface area contributed by atoms with Gasteiger partial charge in [-0.25, -0.2) is 13.1 Å². The third kappa shape index (κ3) is 4.75. The van der Waals surface area contributed by atoms with Crippen LogP contribution in [0.25, 0.3) is 11.1 Å². The second kappa shape index (κ2) is 8.49. The molecule has 0 atom stereocenters. The third-order valence-electron chi connectivity index (χ3n) is 4.95. The number of rotatable bonds is 7. The molecule has 0 spiro atoms. The number of hydrogen-bond donors (Lipinski definition) is 1. The third-order valence-corrected chi connectivity index (χ3v) is 6.60. The van der Waals surface area contributed by atoms with Crippen molar-refractivity contribution >= 4 is 10.0 Å². The maximum atomic E-state index is 12.9. The average molecular weight is 413 g/mol. The van der Waals surface area contributed by atoms with E-state index in [1.165, 1.54) is 5.56 Å². The van der Waals surface area contributed by atoms with Crippen LogP contribution >= 0.6 is 0 Å². The zero-order valence-corrected chi connectivity index (χ0v) is 18.4. The highest BCUT2D eigenvalue weighted by Crippen LogP contribution is 2.25. The molecule has 3 aromatic rings. The summed E-state index contributed by atoms with van der Waals surface area (Å²) in [5.74, 6) is 0. The van der Waals surface area contributed by atoms with E-state index in [-0.39, 0.29) is 11.4 Å². The van der Waals surface area contributed by atoms with Gasteiger partial charge in [-0.3, -0.25) is 4.68 Å². The van der Waals surface area contributed by atoms with Gasteiger partial charge in [0.25, 0.3) is 0 Å². The van der Waals surface area contributed by atoms with Crippen molar-refractivity contribution in [1.82, 2.24) is 19.4 Å². The minimum atomic E-state index is -3.66. The van der Waals surface area contributed by atoms with Crippen molar-refractivity contribution in [2.75, 3.05) is 14.1 Å². The summed E-state index contributed by atoms with van der Waals surface area (Å²) in [7, 11) is 2.17. The van der Waals surface area contributed by atoms with E-state index in [4.69, 9.17) is 0 Å². The second-order valence-corrected chi connectivity index (χ2v) is 9.24. The average Bonchev–Trinajstić information content (AvgIpc) is 2.93. The van der Waals surface area contributed by atoms with Crippen LogP contribution in [0.5, 0.6) is 0 Å². The molecule has 2 aromatic carbocycles. The Morgan fingerprint density at radius 3 is 2.28 bits per heavy atom. The maximum absolute atomic E-state index is 12.9. The lowest BCUT2D eigenvalue weighted by molar-refractivity contribution is 0.402. The largest absolute Gasteiger partial charge is 0.305 e. The normalized spacial score (nSPS) is 11.9. The molecule has 6 nitrogen and oxygen atoms in total. The van der Waals surface area contributed by atoms with Gasteiger partial charge < -0.3 is 4.90 Å². The number of benzene rings is 2. The van der Waals surface area contributed by atoms with Crippen molar-refractivity contribution < 1.29 is 8.42 Å². The van der Waals surface area contributed by atoms with Crippen molar-refractivity contribution in [3.05, 3.63) is 71.0 Å². The molecule has 0 aliphatic heterocycles. The molecular formula is C22H28N4O2S. The van der Waals surface area contributed by atoms with Crippen molar-refractivity contribution in [3.8, 4) is 11.1 Å². The Morgan fingerprint density at radius 1 is 1.03 bits per heavy atom. The Hall–Kier alpha value is -2.48. The molecule has 0 radical (unpaired) electrons. The zero-order chi connectivity index (χ0) is 21.2. The van der Waals surface area contributed by atoms with Crippen LogP contribution in [0, 0.1) is 13.8 Å². The number of sulfonamides is 1. The maximum Gasteiger partial charge on any atom is 0.244 e. The molecule has 0 fully saturated rings. The molecule has 0 aliphatic carbocycles. The van der Waals surface area contributed by atoms with Gasteiger partial charge in [-0.15, -0.1) is 0 Å². The lowest BCUT2D eigenvalue weighted by Gasteiger charge is -2.13. The highest BCUT2D eigenvalue weighted by Gasteiger charge is 2.23. The number of nitrogens with zero attached hydrogens (tertiary/aromatic N) is 3. The van der Waals surface area contributed by atoms with E-state index in [1.807, 2.05) is 38.4 Å². The van der Waals surface area contributed by atoms with E-state index in [0.717, 1.165) is 23.2 Å². The summed E-state index contributed by atoms with van der Waals surface area (Å²) in [6.45, 7) is 4.57. The predicted octanol–water partition coefficient (Wildman–Crippen LogP) is 3.24. The highest BCUT2D eigenvalue weighted by molar-refractivity contribution is 7.89. The van der Waals surface area contributed by atoms with Crippen LogP contribution in [0.15, 0.2) is 53.4 Å². The van der Waals surface area contributed by atoms with Crippen molar-refractivity contribution in [3.63, 3.8) is 0 Å². The van der Waals surface area contributed by atoms with Gasteiger partial charge in [0.1, 0.15) is 4.90 Å². The standard InChI is InChI=1S/C22H28N4O2S/c1-16-22(17(2)26(5)24-16)29(27,28)23-14-20-8-6-7-9-21(20)19-12-10-18(11-13-19)15-25(3)4/h6-13,23H,14-15H2,1-5H3. The number of hydrogen-bond acceptors (Lipinski definition) is 4. The second-order valence-electron chi connectivity index (χ2n) is 7.54. The summed E-state index contributed by atoms with van der Waals surface area (Å²) >= 11 is 0. The Balaban J connectivity index is 1.84. The summed E-state index contributed by atoms with van der Waals surface area (Å²) in [5.41, 5.74) is 5.37. The molecule has 1 heterocycles. The molecule has 0 bridgehead atoms. The fourth-order valence-electron chi connectivity index (χ4n) is 3.50. The molecule has 0 aliphatic rings. The Kier molecular flexibility index (Phi) is 6.21. The molecule has 0 saturated heterocycles. The van der Waals surface area contributed by atoms with E-state index in [2.05, 4.69) is 39.0 Å². The SMILES string of the molecule is Cc1nn(C)c(C)c1S(=O)(=O)NCc1ccccc1-c1ccc(CN(C)C)cc1. The van der Waals surface area contributed by atoms with Crippen LogP contribution in [0.4, 0.5) is 0 Å². The first kappa shape index (κ1) is 21.2. The molecular weight excluding hydrogens is 384 g/mol. The van der Waals surface area contributed by atoms with Crippen LogP contribution in [0.3, 0.4) is 0 Å². The summed E-state index contributed by atoms with van der Waals surface area (Å²) in [5, 5.41) is 4.22. The molecule has 29 heavy (non-hydrogen) atoms. The van der Waals surface area contributed by atoms with E-state index in [9.17, 15) is 8.42 Å². The number of aromatic nitrogens is 2. The number of aryl methyl sites for hydroxylation is 2. The van der Waals surface area contributed by atoms with Crippen molar-refractivity contribution in [2.45, 2.75) is 31.8 Å². The Morgan fingerprint density at radius 2 is 1.69 bits per heavy atom. The molecule has 3 rings (SSSR count). The first-order valence-electron chi connectivity index (χ1n) is 9.51. The topological polar surface area (TPSA) is 67.2 Å². The Labute approximate surface area is 173 Å². The first-order valence-corrected chi connectivity index (χ1v) is 11.0. The first-order chi connectivity index (χ1) is 13.7. The van der Waals surface area contributed by atoms with E-state index < -0.39 is 10.0 Å². The van der Waals surface area contributed by atoms with Gasteiger partial charge in [0.05, 0.1) is 11.4 Å². The minimum Gasteiger partial charge on any atom is -0.305 e. The molecule has 0 saturated carbocycles. The van der Waals surface area contributed by atoms with Crippen LogP contribution in [-0.4, -0.2) is 37.2 Å². The van der Waals surface area contributed by atoms with Crippen molar-refractivity contribution in [2.24, 2.45) is 7.05 Å². The van der Waals surface area contributed by atoms with Gasteiger partial charge in [0.2, 0.25) is 10.0 Å². The van der Waals surface area contributed by atoms with Crippen LogP contribution < -0.4 is 4.72 Å². The fourth-order valence-corrected chi connectivity index (χ4v) is 4.94. The summed E-state index contributed by atoms with van der Waals surface area (Å²) in [6, 6.07) is 16.3. The van der Waals surface area contributed by atoms with Gasteiger partial charge in [-0.1, -0.05) is 48.5 Å². The van der Waals surface area contributed by atoms with Gasteiger partial charge in [-0.2, -0.15) is 5.10 Å². The lowest BCUT2D eigenvalue weighted by atomic mass is 9.99. The van der Waals surface area contributed by atoms with E-state index in [0.29, 0.717) is 11.4 Å². The van der Waals surface area contributed by atoms with Crippen LogP contribution in [-0.2, 0) is 30.2 Å². The molecule has 0 amide bonds. The van der Waals surface area contributed by atoms with Gasteiger partial charge >= 0.3 is 0 Å². The molecule has 1 N–H and O–H groups in total. The van der Waals surface area contributed by atoms with Crippen LogP contribution in [0.1, 0.15) is 22.5 Å². The monoisotopic (exact) mass is 412 g/mol. The zero-order valence-electron chi connectivity index (χ0n) is 17.6. The minimum absolute atomic E-state index is 0.214. The van der Waals surface area contributed by atoms with Gasteiger partial charge in [0, 0.05) is 20.1 Å². The fraction of sp³-hybridized carbons (Fsp3) is 0.318. The van der Waals surface area contributed by atoms with E-state index in [1.54, 1.807) is 25.6 Å². The smallest absolute Gasteiger partial charge is 0.244 e. The highest BCUT2D eigenvalue weighted by atomic mass is 32.2.